The molecule has 0 bridgehead atoms. The van der Waals surface area contributed by atoms with E-state index in [-0.39, 0.29) is 11.9 Å². The third-order valence-corrected chi connectivity index (χ3v) is 4.73. The van der Waals surface area contributed by atoms with Crippen LogP contribution in [0.4, 0.5) is 0 Å². The summed E-state index contributed by atoms with van der Waals surface area (Å²) in [6.07, 6.45) is 2.30. The van der Waals surface area contributed by atoms with E-state index in [0.717, 1.165) is 6.42 Å². The molecule has 1 saturated heterocycles. The lowest BCUT2D eigenvalue weighted by molar-refractivity contribution is 0.0739. The molecule has 5 nitrogen and oxygen atoms in total. The van der Waals surface area contributed by atoms with E-state index < -0.39 is 5.91 Å². The first-order chi connectivity index (χ1) is 11.5. The topological polar surface area (TPSA) is 76.3 Å². The minimum atomic E-state index is -0.546. The number of hydrogen-bond acceptors (Lipinski definition) is 3. The van der Waals surface area contributed by atoms with E-state index in [1.54, 1.807) is 12.1 Å². The molecular formula is C19H21N3O2. The van der Waals surface area contributed by atoms with Crippen LogP contribution in [-0.4, -0.2) is 34.3 Å². The van der Waals surface area contributed by atoms with Gasteiger partial charge >= 0.3 is 0 Å². The van der Waals surface area contributed by atoms with E-state index in [9.17, 15) is 9.59 Å². The van der Waals surface area contributed by atoms with Crippen molar-refractivity contribution in [2.24, 2.45) is 5.73 Å². The van der Waals surface area contributed by atoms with Crippen molar-refractivity contribution in [2.45, 2.75) is 32.2 Å². The van der Waals surface area contributed by atoms with Gasteiger partial charge in [0.2, 0.25) is 5.91 Å². The molecule has 0 radical (unpaired) electrons. The van der Waals surface area contributed by atoms with Gasteiger partial charge in [0.25, 0.3) is 5.91 Å². The summed E-state index contributed by atoms with van der Waals surface area (Å²) in [5.74, 6) is -0.305. The molecule has 0 saturated carbocycles. The van der Waals surface area contributed by atoms with E-state index in [4.69, 9.17) is 5.73 Å². The second-order valence-electron chi connectivity index (χ2n) is 6.39. The van der Waals surface area contributed by atoms with Crippen molar-refractivity contribution in [2.75, 3.05) is 6.54 Å². The minimum Gasteiger partial charge on any atom is -0.366 e. The fourth-order valence-corrected chi connectivity index (χ4v) is 3.40. The maximum Gasteiger partial charge on any atom is 0.272 e. The molecule has 1 aliphatic rings. The lowest BCUT2D eigenvalue weighted by Crippen LogP contribution is -2.34. The molecule has 5 heteroatoms. The molecule has 0 spiro atoms. The Hall–Kier alpha value is -2.69. The van der Waals surface area contributed by atoms with Crippen molar-refractivity contribution in [3.05, 3.63) is 65.0 Å². The highest BCUT2D eigenvalue weighted by Crippen LogP contribution is 2.33. The van der Waals surface area contributed by atoms with Crippen LogP contribution < -0.4 is 5.73 Å². The highest BCUT2D eigenvalue weighted by Gasteiger charge is 2.34. The molecule has 2 heterocycles. The zero-order valence-corrected chi connectivity index (χ0v) is 13.9. The largest absolute Gasteiger partial charge is 0.366 e. The molecular weight excluding hydrogens is 302 g/mol. The third kappa shape index (κ3) is 3.02. The van der Waals surface area contributed by atoms with Crippen LogP contribution in [-0.2, 0) is 0 Å². The Kier molecular flexibility index (Phi) is 4.34. The molecule has 1 aliphatic heterocycles. The van der Waals surface area contributed by atoms with E-state index >= 15 is 0 Å². The van der Waals surface area contributed by atoms with Crippen molar-refractivity contribution in [1.29, 1.82) is 0 Å². The highest BCUT2D eigenvalue weighted by atomic mass is 16.2. The Morgan fingerprint density at radius 3 is 2.58 bits per heavy atom. The van der Waals surface area contributed by atoms with Crippen LogP contribution in [0.2, 0.25) is 0 Å². The van der Waals surface area contributed by atoms with Crippen LogP contribution in [0.1, 0.15) is 51.2 Å². The van der Waals surface area contributed by atoms with Crippen molar-refractivity contribution < 1.29 is 9.59 Å². The molecule has 24 heavy (non-hydrogen) atoms. The number of benzene rings is 1. The Morgan fingerprint density at radius 1 is 1.21 bits per heavy atom. The summed E-state index contributed by atoms with van der Waals surface area (Å²) in [5, 5.41) is 0. The van der Waals surface area contributed by atoms with Gasteiger partial charge in [-0.05, 0) is 43.5 Å². The van der Waals surface area contributed by atoms with Gasteiger partial charge in [0.15, 0.2) is 0 Å². The molecule has 124 valence electrons. The molecule has 1 fully saturated rings. The van der Waals surface area contributed by atoms with Crippen LogP contribution in [0.5, 0.6) is 0 Å². The van der Waals surface area contributed by atoms with Gasteiger partial charge in [0, 0.05) is 24.7 Å². The summed E-state index contributed by atoms with van der Waals surface area (Å²) in [4.78, 5) is 29.8. The number of carbonyl (C=O) groups excluding carboxylic acids is 2. The summed E-state index contributed by atoms with van der Waals surface area (Å²) in [5.41, 5.74) is 8.42. The summed E-state index contributed by atoms with van der Waals surface area (Å²) in [6, 6.07) is 11.6. The van der Waals surface area contributed by atoms with Crippen molar-refractivity contribution in [3.63, 3.8) is 0 Å². The number of amides is 2. The van der Waals surface area contributed by atoms with Crippen LogP contribution in [0.25, 0.3) is 0 Å². The van der Waals surface area contributed by atoms with Crippen LogP contribution in [0.3, 0.4) is 0 Å². The van der Waals surface area contributed by atoms with Crippen molar-refractivity contribution in [1.82, 2.24) is 9.88 Å². The molecule has 1 aromatic carbocycles. The van der Waals surface area contributed by atoms with Gasteiger partial charge in [-0.15, -0.1) is 0 Å². The first-order valence-electron chi connectivity index (χ1n) is 8.09. The van der Waals surface area contributed by atoms with Gasteiger partial charge < -0.3 is 10.6 Å². The molecule has 2 N–H and O–H groups in total. The predicted molar refractivity (Wildman–Crippen MR) is 91.8 cm³/mol. The van der Waals surface area contributed by atoms with Gasteiger partial charge in [-0.25, -0.2) is 0 Å². The number of nitrogens with two attached hydrogens (primary N) is 1. The van der Waals surface area contributed by atoms with Crippen molar-refractivity contribution >= 4 is 11.8 Å². The van der Waals surface area contributed by atoms with E-state index in [2.05, 4.69) is 31.0 Å². The summed E-state index contributed by atoms with van der Waals surface area (Å²) < 4.78 is 0. The molecule has 2 amide bonds. The van der Waals surface area contributed by atoms with Gasteiger partial charge in [-0.2, -0.15) is 0 Å². The number of aromatic nitrogens is 1. The van der Waals surface area contributed by atoms with Gasteiger partial charge in [-0.3, -0.25) is 14.6 Å². The van der Waals surface area contributed by atoms with Gasteiger partial charge in [0.1, 0.15) is 5.69 Å². The van der Waals surface area contributed by atoms with E-state index in [1.807, 2.05) is 17.0 Å². The Bertz CT molecular complexity index is 770. The summed E-state index contributed by atoms with van der Waals surface area (Å²) >= 11 is 0. The van der Waals surface area contributed by atoms with Gasteiger partial charge in [-0.1, -0.05) is 24.3 Å². The third-order valence-electron chi connectivity index (χ3n) is 4.73. The zero-order valence-electron chi connectivity index (χ0n) is 13.9. The maximum atomic E-state index is 12.7. The van der Waals surface area contributed by atoms with Gasteiger partial charge in [0.05, 0.1) is 5.56 Å². The molecule has 2 unspecified atom stereocenters. The average molecular weight is 323 g/mol. The number of pyridine rings is 1. The Morgan fingerprint density at radius 2 is 1.96 bits per heavy atom. The summed E-state index contributed by atoms with van der Waals surface area (Å²) in [6.45, 7) is 4.85. The smallest absolute Gasteiger partial charge is 0.272 e. The first kappa shape index (κ1) is 16.2. The van der Waals surface area contributed by atoms with E-state index in [1.165, 1.54) is 17.3 Å². The monoisotopic (exact) mass is 323 g/mol. The van der Waals surface area contributed by atoms with Crippen LogP contribution >= 0.6 is 0 Å². The quantitative estimate of drug-likeness (QED) is 0.943. The fraction of sp³-hybridized carbons (Fsp3) is 0.316. The Balaban J connectivity index is 1.78. The van der Waals surface area contributed by atoms with Crippen LogP contribution in [0, 0.1) is 6.92 Å². The molecule has 0 aliphatic carbocycles. The first-order valence-corrected chi connectivity index (χ1v) is 8.09. The molecule has 2 atom stereocenters. The maximum absolute atomic E-state index is 12.7. The number of rotatable bonds is 3. The number of carbonyl (C=O) groups is 2. The molecule has 3 rings (SSSR count). The normalized spacial score (nSPS) is 20.2. The number of hydrogen-bond donors (Lipinski definition) is 1. The number of nitrogens with zero attached hydrogens (tertiary/aromatic N) is 2. The SMILES string of the molecule is Cc1ccccc1C1CC(C)N(C(=O)c2ccc(C(N)=O)cn2)C1. The summed E-state index contributed by atoms with van der Waals surface area (Å²) in [7, 11) is 0. The van der Waals surface area contributed by atoms with E-state index in [0.29, 0.717) is 23.7 Å². The standard InChI is InChI=1S/C19H21N3O2/c1-12-5-3-4-6-16(12)15-9-13(2)22(11-15)19(24)17-8-7-14(10-21-17)18(20)23/h3-8,10,13,15H,9,11H2,1-2H3,(H2,20,23). The fourth-order valence-electron chi connectivity index (χ4n) is 3.40. The number of primary amides is 1. The van der Waals surface area contributed by atoms with Crippen molar-refractivity contribution in [3.8, 4) is 0 Å². The highest BCUT2D eigenvalue weighted by molar-refractivity contribution is 5.95. The number of likely N-dealkylation sites (tertiary alicyclic amines) is 1. The van der Waals surface area contributed by atoms with Crippen LogP contribution in [0.15, 0.2) is 42.6 Å². The predicted octanol–water partition coefficient (Wildman–Crippen LogP) is 2.51. The number of aryl methyl sites for hydroxylation is 1. The zero-order chi connectivity index (χ0) is 17.3. The molecule has 1 aromatic heterocycles. The lowest BCUT2D eigenvalue weighted by atomic mass is 9.93. The second-order valence-corrected chi connectivity index (χ2v) is 6.39. The second kappa shape index (κ2) is 6.43. The Labute approximate surface area is 141 Å². The lowest BCUT2D eigenvalue weighted by Gasteiger charge is -2.21. The molecule has 2 aromatic rings. The minimum absolute atomic E-state index is 0.102. The average Bonchev–Trinajstić information content (AvgIpc) is 2.96.